The van der Waals surface area contributed by atoms with Gasteiger partial charge in [-0.2, -0.15) is 0 Å². The first kappa shape index (κ1) is 12.8. The fraction of sp³-hybridized carbons (Fsp3) is 0.333. The van der Waals surface area contributed by atoms with E-state index < -0.39 is 0 Å². The summed E-state index contributed by atoms with van der Waals surface area (Å²) in [5.74, 6) is 0.618. The van der Waals surface area contributed by atoms with Crippen molar-refractivity contribution in [3.8, 4) is 10.7 Å². The molecule has 2 rings (SSSR count). The number of hydrogen-bond acceptors (Lipinski definition) is 3. The Kier molecular flexibility index (Phi) is 4.02. The van der Waals surface area contributed by atoms with Crippen molar-refractivity contribution in [3.63, 3.8) is 0 Å². The van der Waals surface area contributed by atoms with Crippen LogP contribution in [0.5, 0.6) is 0 Å². The van der Waals surface area contributed by atoms with Crippen molar-refractivity contribution in [1.29, 1.82) is 0 Å². The van der Waals surface area contributed by atoms with E-state index in [1.165, 1.54) is 0 Å². The van der Waals surface area contributed by atoms with Crippen LogP contribution >= 0.6 is 34.5 Å². The summed E-state index contributed by atoms with van der Waals surface area (Å²) in [5, 5.41) is 2.94. The van der Waals surface area contributed by atoms with Gasteiger partial charge in [-0.15, -0.1) is 11.3 Å². The summed E-state index contributed by atoms with van der Waals surface area (Å²) in [5.41, 5.74) is 1.99. The molecule has 0 spiro atoms. The van der Waals surface area contributed by atoms with Gasteiger partial charge in [-0.05, 0) is 30.4 Å². The lowest BCUT2D eigenvalue weighted by Gasteiger charge is -2.06. The molecule has 0 unspecified atom stereocenters. The molecular formula is C12H12Cl2N2S. The summed E-state index contributed by atoms with van der Waals surface area (Å²) in [4.78, 5) is 9.70. The zero-order chi connectivity index (χ0) is 12.4. The summed E-state index contributed by atoms with van der Waals surface area (Å²) in [7, 11) is 0. The minimum absolute atomic E-state index is 0.467. The van der Waals surface area contributed by atoms with Gasteiger partial charge in [0, 0.05) is 5.56 Å². The number of rotatable bonds is 3. The van der Waals surface area contributed by atoms with E-state index in [0.717, 1.165) is 28.8 Å². The van der Waals surface area contributed by atoms with Gasteiger partial charge in [-0.25, -0.2) is 9.97 Å². The smallest absolute Gasteiger partial charge is 0.172 e. The van der Waals surface area contributed by atoms with Crippen molar-refractivity contribution >= 4 is 34.5 Å². The molecule has 2 nitrogen and oxygen atoms in total. The summed E-state index contributed by atoms with van der Waals surface area (Å²) in [6.07, 6.45) is 1.78. The van der Waals surface area contributed by atoms with Crippen LogP contribution in [0.15, 0.2) is 11.4 Å². The van der Waals surface area contributed by atoms with Gasteiger partial charge in [0.15, 0.2) is 5.82 Å². The fourth-order valence-corrected chi connectivity index (χ4v) is 3.03. The van der Waals surface area contributed by atoms with E-state index in [1.807, 2.05) is 18.4 Å². The molecule has 0 aliphatic carbocycles. The SMILES string of the molecule is CCCc1c(Cl)nc(-c2sccc2C)nc1Cl. The van der Waals surface area contributed by atoms with Gasteiger partial charge < -0.3 is 0 Å². The Morgan fingerprint density at radius 2 is 1.88 bits per heavy atom. The predicted molar refractivity (Wildman–Crippen MR) is 74.1 cm³/mol. The molecule has 2 aromatic rings. The molecule has 0 N–H and O–H groups in total. The Morgan fingerprint density at radius 3 is 2.35 bits per heavy atom. The van der Waals surface area contributed by atoms with Gasteiger partial charge in [0.1, 0.15) is 10.3 Å². The number of thiophene rings is 1. The lowest BCUT2D eigenvalue weighted by Crippen LogP contribution is -1.97. The summed E-state index contributed by atoms with van der Waals surface area (Å²) in [6.45, 7) is 4.10. The van der Waals surface area contributed by atoms with E-state index in [4.69, 9.17) is 23.2 Å². The van der Waals surface area contributed by atoms with Crippen LogP contribution in [-0.4, -0.2) is 9.97 Å². The van der Waals surface area contributed by atoms with Gasteiger partial charge >= 0.3 is 0 Å². The summed E-state index contributed by atoms with van der Waals surface area (Å²) in [6, 6.07) is 2.03. The van der Waals surface area contributed by atoms with Gasteiger partial charge in [0.25, 0.3) is 0 Å². The monoisotopic (exact) mass is 286 g/mol. The molecule has 0 aliphatic rings. The molecule has 2 aromatic heterocycles. The first-order valence-electron chi connectivity index (χ1n) is 5.39. The van der Waals surface area contributed by atoms with E-state index in [-0.39, 0.29) is 0 Å². The van der Waals surface area contributed by atoms with Gasteiger partial charge in [-0.3, -0.25) is 0 Å². The standard InChI is InChI=1S/C12H12Cl2N2S/c1-3-4-8-10(13)15-12(16-11(8)14)9-7(2)5-6-17-9/h5-6H,3-4H2,1-2H3. The maximum Gasteiger partial charge on any atom is 0.172 e. The van der Waals surface area contributed by atoms with Gasteiger partial charge in [0.05, 0.1) is 4.88 Å². The van der Waals surface area contributed by atoms with Crippen LogP contribution in [0, 0.1) is 6.92 Å². The minimum Gasteiger partial charge on any atom is -0.215 e. The molecule has 0 atom stereocenters. The van der Waals surface area contributed by atoms with Crippen LogP contribution in [0.4, 0.5) is 0 Å². The van der Waals surface area contributed by atoms with Crippen LogP contribution in [0.1, 0.15) is 24.5 Å². The van der Waals surface area contributed by atoms with Crippen LogP contribution in [0.2, 0.25) is 10.3 Å². The Balaban J connectivity index is 2.49. The second kappa shape index (κ2) is 5.34. The highest BCUT2D eigenvalue weighted by molar-refractivity contribution is 7.13. The third-order valence-corrected chi connectivity index (χ3v) is 4.11. The maximum absolute atomic E-state index is 6.15. The van der Waals surface area contributed by atoms with E-state index >= 15 is 0 Å². The molecule has 2 heterocycles. The molecular weight excluding hydrogens is 275 g/mol. The van der Waals surface area contributed by atoms with Crippen molar-refractivity contribution in [2.24, 2.45) is 0 Å². The third kappa shape index (κ3) is 2.62. The Labute approximate surface area is 115 Å². The quantitative estimate of drug-likeness (QED) is 0.760. The van der Waals surface area contributed by atoms with Crippen LogP contribution in [-0.2, 0) is 6.42 Å². The number of halogens is 2. The van der Waals surface area contributed by atoms with Crippen LogP contribution in [0.25, 0.3) is 10.7 Å². The predicted octanol–water partition coefficient (Wildman–Crippen LogP) is 4.77. The second-order valence-corrected chi connectivity index (χ2v) is 5.42. The average molecular weight is 287 g/mol. The van der Waals surface area contributed by atoms with Crippen molar-refractivity contribution in [2.45, 2.75) is 26.7 Å². The van der Waals surface area contributed by atoms with Gasteiger partial charge in [0.2, 0.25) is 0 Å². The zero-order valence-corrected chi connectivity index (χ0v) is 12.0. The van der Waals surface area contributed by atoms with Crippen LogP contribution in [0.3, 0.4) is 0 Å². The lowest BCUT2D eigenvalue weighted by atomic mass is 10.2. The topological polar surface area (TPSA) is 25.8 Å². The van der Waals surface area contributed by atoms with Crippen molar-refractivity contribution in [1.82, 2.24) is 9.97 Å². The lowest BCUT2D eigenvalue weighted by molar-refractivity contribution is 0.903. The highest BCUT2D eigenvalue weighted by atomic mass is 35.5. The van der Waals surface area contributed by atoms with E-state index in [1.54, 1.807) is 11.3 Å². The fourth-order valence-electron chi connectivity index (χ4n) is 1.59. The van der Waals surface area contributed by atoms with Crippen molar-refractivity contribution in [3.05, 3.63) is 32.9 Å². The first-order valence-corrected chi connectivity index (χ1v) is 7.03. The van der Waals surface area contributed by atoms with E-state index in [9.17, 15) is 0 Å². The Bertz CT molecular complexity index is 514. The van der Waals surface area contributed by atoms with E-state index in [0.29, 0.717) is 16.1 Å². The molecule has 0 saturated carbocycles. The summed E-state index contributed by atoms with van der Waals surface area (Å²) >= 11 is 13.9. The largest absolute Gasteiger partial charge is 0.215 e. The number of aromatic nitrogens is 2. The number of nitrogens with zero attached hydrogens (tertiary/aromatic N) is 2. The highest BCUT2D eigenvalue weighted by Crippen LogP contribution is 2.30. The second-order valence-electron chi connectivity index (χ2n) is 3.79. The Morgan fingerprint density at radius 1 is 1.24 bits per heavy atom. The molecule has 0 bridgehead atoms. The highest BCUT2D eigenvalue weighted by Gasteiger charge is 2.14. The zero-order valence-electron chi connectivity index (χ0n) is 9.63. The molecule has 5 heteroatoms. The molecule has 90 valence electrons. The molecule has 17 heavy (non-hydrogen) atoms. The average Bonchev–Trinajstić information content (AvgIpc) is 2.69. The van der Waals surface area contributed by atoms with Crippen molar-refractivity contribution in [2.75, 3.05) is 0 Å². The molecule has 0 aliphatic heterocycles. The third-order valence-electron chi connectivity index (χ3n) is 2.47. The Hall–Kier alpha value is -0.640. The number of hydrogen-bond donors (Lipinski definition) is 0. The molecule has 0 amide bonds. The van der Waals surface area contributed by atoms with Crippen molar-refractivity contribution < 1.29 is 0 Å². The maximum atomic E-state index is 6.15. The van der Waals surface area contributed by atoms with Gasteiger partial charge in [-0.1, -0.05) is 36.5 Å². The molecule has 0 saturated heterocycles. The van der Waals surface area contributed by atoms with Crippen LogP contribution < -0.4 is 0 Å². The van der Waals surface area contributed by atoms with E-state index in [2.05, 4.69) is 16.9 Å². The minimum atomic E-state index is 0.467. The first-order chi connectivity index (χ1) is 8.13. The normalized spacial score (nSPS) is 10.8. The molecule has 0 fully saturated rings. The summed E-state index contributed by atoms with van der Waals surface area (Å²) < 4.78 is 0. The molecule has 0 radical (unpaired) electrons. The molecule has 0 aromatic carbocycles. The number of aryl methyl sites for hydroxylation is 1.